The summed E-state index contributed by atoms with van der Waals surface area (Å²) in [5, 5.41) is 0. The van der Waals surface area contributed by atoms with Crippen LogP contribution in [0.15, 0.2) is 18.2 Å². The number of ether oxygens (including phenoxy) is 1. The van der Waals surface area contributed by atoms with Crippen LogP contribution in [0.2, 0.25) is 0 Å². The maximum Gasteiger partial charge on any atom is 0.126 e. The minimum atomic E-state index is -0.268. The minimum Gasteiger partial charge on any atom is -0.493 e. The zero-order valence-electron chi connectivity index (χ0n) is 11.0. The summed E-state index contributed by atoms with van der Waals surface area (Å²) in [6.45, 7) is 2.55. The molecule has 0 amide bonds. The van der Waals surface area contributed by atoms with Gasteiger partial charge in [0.15, 0.2) is 0 Å². The van der Waals surface area contributed by atoms with Crippen molar-refractivity contribution in [2.24, 2.45) is 11.7 Å². The van der Waals surface area contributed by atoms with Crippen molar-refractivity contribution in [3.8, 4) is 5.75 Å². The molecule has 1 aromatic rings. The van der Waals surface area contributed by atoms with Gasteiger partial charge < -0.3 is 10.5 Å². The smallest absolute Gasteiger partial charge is 0.126 e. The van der Waals surface area contributed by atoms with E-state index in [1.54, 1.807) is 6.07 Å². The first-order chi connectivity index (χ1) is 8.66. The summed E-state index contributed by atoms with van der Waals surface area (Å²) in [7, 11) is 0. The van der Waals surface area contributed by atoms with Crippen molar-refractivity contribution in [2.45, 2.75) is 45.1 Å². The highest BCUT2D eigenvalue weighted by Crippen LogP contribution is 2.29. The number of hydrogen-bond donors (Lipinski definition) is 1. The molecule has 1 unspecified atom stereocenters. The number of nitrogens with two attached hydrogens (primary N) is 1. The first-order valence-electron chi connectivity index (χ1n) is 6.84. The van der Waals surface area contributed by atoms with Gasteiger partial charge in [-0.3, -0.25) is 0 Å². The molecular weight excluding hydrogens is 229 g/mol. The Morgan fingerprint density at radius 1 is 1.39 bits per heavy atom. The molecule has 2 nitrogen and oxygen atoms in total. The van der Waals surface area contributed by atoms with Crippen LogP contribution in [-0.2, 0) is 0 Å². The molecule has 0 saturated heterocycles. The zero-order chi connectivity index (χ0) is 13.0. The molecule has 1 aromatic carbocycles. The van der Waals surface area contributed by atoms with E-state index in [1.165, 1.54) is 37.8 Å². The third-order valence-corrected chi connectivity index (χ3v) is 3.72. The van der Waals surface area contributed by atoms with Gasteiger partial charge in [-0.05, 0) is 25.3 Å². The molecule has 0 radical (unpaired) electrons. The highest BCUT2D eigenvalue weighted by molar-refractivity contribution is 5.36. The van der Waals surface area contributed by atoms with Gasteiger partial charge >= 0.3 is 0 Å². The van der Waals surface area contributed by atoms with Crippen LogP contribution in [0.1, 0.15) is 50.6 Å². The van der Waals surface area contributed by atoms with Crippen molar-refractivity contribution in [1.82, 2.24) is 0 Å². The number of hydrogen-bond acceptors (Lipinski definition) is 2. The normalized spacial score (nSPS) is 17.9. The fourth-order valence-corrected chi connectivity index (χ4v) is 2.64. The van der Waals surface area contributed by atoms with Gasteiger partial charge in [-0.1, -0.05) is 31.7 Å². The molecule has 1 saturated carbocycles. The van der Waals surface area contributed by atoms with Crippen LogP contribution in [0.5, 0.6) is 5.75 Å². The first-order valence-corrected chi connectivity index (χ1v) is 6.84. The summed E-state index contributed by atoms with van der Waals surface area (Å²) in [5.41, 5.74) is 6.73. The molecule has 1 fully saturated rings. The molecule has 0 bridgehead atoms. The highest BCUT2D eigenvalue weighted by atomic mass is 19.1. The molecule has 18 heavy (non-hydrogen) atoms. The van der Waals surface area contributed by atoms with Gasteiger partial charge in [0.25, 0.3) is 0 Å². The van der Waals surface area contributed by atoms with E-state index in [0.717, 1.165) is 17.9 Å². The van der Waals surface area contributed by atoms with Crippen LogP contribution < -0.4 is 10.5 Å². The van der Waals surface area contributed by atoms with Crippen LogP contribution in [0.4, 0.5) is 4.39 Å². The number of halogens is 1. The summed E-state index contributed by atoms with van der Waals surface area (Å²) >= 11 is 0. The van der Waals surface area contributed by atoms with Crippen LogP contribution in [0.25, 0.3) is 0 Å². The fraction of sp³-hybridized carbons (Fsp3) is 0.600. The second kappa shape index (κ2) is 6.19. The van der Waals surface area contributed by atoms with Gasteiger partial charge in [0.1, 0.15) is 11.6 Å². The summed E-state index contributed by atoms with van der Waals surface area (Å²) in [5.74, 6) is 1.12. The lowest BCUT2D eigenvalue weighted by atomic mass is 10.0. The Balaban J connectivity index is 1.92. The van der Waals surface area contributed by atoms with Crippen LogP contribution in [-0.4, -0.2) is 6.61 Å². The van der Waals surface area contributed by atoms with Crippen molar-refractivity contribution in [1.29, 1.82) is 0 Å². The van der Waals surface area contributed by atoms with Gasteiger partial charge in [-0.25, -0.2) is 4.39 Å². The van der Waals surface area contributed by atoms with Gasteiger partial charge in [0.2, 0.25) is 0 Å². The Morgan fingerprint density at radius 2 is 2.11 bits per heavy atom. The van der Waals surface area contributed by atoms with Crippen molar-refractivity contribution in [3.63, 3.8) is 0 Å². The van der Waals surface area contributed by atoms with Gasteiger partial charge in [0.05, 0.1) is 6.61 Å². The summed E-state index contributed by atoms with van der Waals surface area (Å²) in [4.78, 5) is 0. The standard InChI is InChI=1S/C15H22FNO/c1-11(17)14-7-6-13(16)10-15(14)18-9-8-12-4-2-3-5-12/h6-7,10-12H,2-5,8-9,17H2,1H3. The van der Waals surface area contributed by atoms with E-state index in [-0.39, 0.29) is 11.9 Å². The maximum absolute atomic E-state index is 13.2. The predicted octanol–water partition coefficient (Wildman–Crippen LogP) is 3.80. The van der Waals surface area contributed by atoms with E-state index in [9.17, 15) is 4.39 Å². The number of benzene rings is 1. The van der Waals surface area contributed by atoms with E-state index in [2.05, 4.69) is 0 Å². The van der Waals surface area contributed by atoms with Crippen LogP contribution in [0, 0.1) is 11.7 Å². The Bertz CT molecular complexity index is 386. The molecule has 3 heteroatoms. The minimum absolute atomic E-state index is 0.132. The van der Waals surface area contributed by atoms with Gasteiger partial charge in [0, 0.05) is 17.7 Å². The first kappa shape index (κ1) is 13.3. The van der Waals surface area contributed by atoms with Crippen LogP contribution >= 0.6 is 0 Å². The third kappa shape index (κ3) is 3.45. The third-order valence-electron chi connectivity index (χ3n) is 3.72. The lowest BCUT2D eigenvalue weighted by molar-refractivity contribution is 0.274. The van der Waals surface area contributed by atoms with Gasteiger partial charge in [-0.15, -0.1) is 0 Å². The summed E-state index contributed by atoms with van der Waals surface area (Å²) in [6, 6.07) is 4.45. The lowest BCUT2D eigenvalue weighted by Crippen LogP contribution is -2.10. The Morgan fingerprint density at radius 3 is 2.78 bits per heavy atom. The van der Waals surface area contributed by atoms with Crippen molar-refractivity contribution >= 4 is 0 Å². The van der Waals surface area contributed by atoms with Gasteiger partial charge in [-0.2, -0.15) is 0 Å². The van der Waals surface area contributed by atoms with Crippen molar-refractivity contribution in [2.75, 3.05) is 6.61 Å². The maximum atomic E-state index is 13.2. The van der Waals surface area contributed by atoms with Crippen LogP contribution in [0.3, 0.4) is 0 Å². The van der Waals surface area contributed by atoms with E-state index >= 15 is 0 Å². The molecule has 0 aliphatic heterocycles. The molecule has 2 rings (SSSR count). The molecule has 1 aliphatic carbocycles. The van der Waals surface area contributed by atoms with E-state index < -0.39 is 0 Å². The van der Waals surface area contributed by atoms with E-state index in [4.69, 9.17) is 10.5 Å². The molecule has 1 atom stereocenters. The topological polar surface area (TPSA) is 35.2 Å². The largest absolute Gasteiger partial charge is 0.493 e. The molecule has 0 heterocycles. The Labute approximate surface area is 108 Å². The molecule has 100 valence electrons. The fourth-order valence-electron chi connectivity index (χ4n) is 2.64. The number of rotatable bonds is 5. The molecule has 2 N–H and O–H groups in total. The monoisotopic (exact) mass is 251 g/mol. The lowest BCUT2D eigenvalue weighted by Gasteiger charge is -2.15. The quantitative estimate of drug-likeness (QED) is 0.863. The second-order valence-electron chi connectivity index (χ2n) is 5.26. The van der Waals surface area contributed by atoms with Crippen molar-refractivity contribution < 1.29 is 9.13 Å². The second-order valence-corrected chi connectivity index (χ2v) is 5.26. The highest BCUT2D eigenvalue weighted by Gasteiger charge is 2.15. The van der Waals surface area contributed by atoms with E-state index in [1.807, 2.05) is 6.92 Å². The summed E-state index contributed by atoms with van der Waals surface area (Å²) < 4.78 is 18.9. The average molecular weight is 251 g/mol. The molecule has 0 spiro atoms. The van der Waals surface area contributed by atoms with Crippen molar-refractivity contribution in [3.05, 3.63) is 29.6 Å². The molecular formula is C15H22FNO. The summed E-state index contributed by atoms with van der Waals surface area (Å²) in [6.07, 6.45) is 6.37. The van der Waals surface area contributed by atoms with E-state index in [0.29, 0.717) is 12.4 Å². The molecule has 0 aromatic heterocycles. The zero-order valence-corrected chi connectivity index (χ0v) is 11.0. The average Bonchev–Trinajstić information content (AvgIpc) is 2.82. The Hall–Kier alpha value is -1.09. The predicted molar refractivity (Wildman–Crippen MR) is 71.1 cm³/mol. The Kier molecular flexibility index (Phi) is 4.59. The molecule has 1 aliphatic rings. The SMILES string of the molecule is CC(N)c1ccc(F)cc1OCCC1CCCC1.